The Morgan fingerprint density at radius 3 is 2.32 bits per heavy atom. The van der Waals surface area contributed by atoms with Gasteiger partial charge in [0.05, 0.1) is 0 Å². The lowest BCUT2D eigenvalue weighted by molar-refractivity contribution is 0.129. The van der Waals surface area contributed by atoms with Gasteiger partial charge in [-0.3, -0.25) is 0 Å². The van der Waals surface area contributed by atoms with Crippen molar-refractivity contribution >= 4 is 11.6 Å². The summed E-state index contributed by atoms with van der Waals surface area (Å²) in [6.07, 6.45) is 11.1. The van der Waals surface area contributed by atoms with Crippen molar-refractivity contribution in [1.29, 1.82) is 0 Å². The topological polar surface area (TPSA) is 6.48 Å². The Balaban J connectivity index is 1.70. The molecule has 3 heteroatoms. The Hall–Kier alpha value is -0.570. The molecule has 0 spiro atoms. The molecule has 1 saturated heterocycles. The fourth-order valence-corrected chi connectivity index (χ4v) is 5.07. The molecule has 1 aromatic carbocycles. The highest BCUT2D eigenvalue weighted by atomic mass is 35.5. The van der Waals surface area contributed by atoms with Gasteiger partial charge in [0.15, 0.2) is 0 Å². The van der Waals surface area contributed by atoms with Crippen LogP contribution in [0.2, 0.25) is 5.02 Å². The minimum atomic E-state index is 0.646. The summed E-state index contributed by atoms with van der Waals surface area (Å²) in [4.78, 5) is 5.12. The van der Waals surface area contributed by atoms with Crippen LogP contribution in [0.3, 0.4) is 0 Å². The molecule has 0 N–H and O–H groups in total. The number of likely N-dealkylation sites (tertiary alicyclic amines) is 1. The van der Waals surface area contributed by atoms with Crippen LogP contribution in [0.15, 0.2) is 24.3 Å². The van der Waals surface area contributed by atoms with Gasteiger partial charge >= 0.3 is 0 Å². The maximum absolute atomic E-state index is 6.34. The molecule has 0 bridgehead atoms. The Morgan fingerprint density at radius 2 is 1.72 bits per heavy atom. The van der Waals surface area contributed by atoms with Crippen LogP contribution in [0.25, 0.3) is 0 Å². The first kappa shape index (κ1) is 19.2. The van der Waals surface area contributed by atoms with Crippen LogP contribution in [0.1, 0.15) is 62.8 Å². The molecule has 1 heterocycles. The van der Waals surface area contributed by atoms with Gasteiger partial charge in [-0.1, -0.05) is 49.4 Å². The van der Waals surface area contributed by atoms with E-state index in [1.807, 2.05) is 6.07 Å². The van der Waals surface area contributed by atoms with Crippen LogP contribution < -0.4 is 0 Å². The molecule has 1 aliphatic carbocycles. The Labute approximate surface area is 159 Å². The van der Waals surface area contributed by atoms with E-state index in [1.165, 1.54) is 76.6 Å². The molecule has 2 fully saturated rings. The number of piperidine rings is 1. The van der Waals surface area contributed by atoms with Crippen LogP contribution >= 0.6 is 11.6 Å². The normalized spacial score (nSPS) is 22.9. The zero-order valence-electron chi connectivity index (χ0n) is 16.1. The van der Waals surface area contributed by atoms with Crippen molar-refractivity contribution in [3.05, 3.63) is 34.9 Å². The molecule has 0 radical (unpaired) electrons. The van der Waals surface area contributed by atoms with Gasteiger partial charge in [0.25, 0.3) is 0 Å². The van der Waals surface area contributed by atoms with Gasteiger partial charge in [-0.25, -0.2) is 0 Å². The lowest BCUT2D eigenvalue weighted by Gasteiger charge is -2.38. The highest BCUT2D eigenvalue weighted by molar-refractivity contribution is 6.30. The number of halogens is 1. The molecule has 1 atom stereocenters. The third-order valence-corrected chi connectivity index (χ3v) is 6.72. The van der Waals surface area contributed by atoms with Gasteiger partial charge in [0.1, 0.15) is 0 Å². The summed E-state index contributed by atoms with van der Waals surface area (Å²) in [6, 6.07) is 9.45. The molecule has 0 aromatic heterocycles. The number of nitrogens with zero attached hydrogens (tertiary/aromatic N) is 2. The number of hydrogen-bond donors (Lipinski definition) is 0. The molecular weight excluding hydrogens is 328 g/mol. The monoisotopic (exact) mass is 362 g/mol. The second-order valence-electron chi connectivity index (χ2n) is 8.41. The number of hydrogen-bond acceptors (Lipinski definition) is 2. The molecule has 25 heavy (non-hydrogen) atoms. The average molecular weight is 363 g/mol. The van der Waals surface area contributed by atoms with Crippen molar-refractivity contribution in [3.63, 3.8) is 0 Å². The molecule has 1 unspecified atom stereocenters. The van der Waals surface area contributed by atoms with E-state index in [0.29, 0.717) is 5.92 Å². The molecule has 3 rings (SSSR count). The summed E-state index contributed by atoms with van der Waals surface area (Å²) < 4.78 is 0. The van der Waals surface area contributed by atoms with E-state index < -0.39 is 0 Å². The van der Waals surface area contributed by atoms with Crippen LogP contribution in [-0.4, -0.2) is 49.6 Å². The highest BCUT2D eigenvalue weighted by Gasteiger charge is 2.28. The van der Waals surface area contributed by atoms with Gasteiger partial charge in [0.2, 0.25) is 0 Å². The SMILES string of the molecule is CN(C)C1CCN(CC(c2cccc(Cl)c2)C2CCCCCC2)CC1. The molecule has 2 nitrogen and oxygen atoms in total. The fourth-order valence-electron chi connectivity index (χ4n) is 4.87. The summed E-state index contributed by atoms with van der Waals surface area (Å²) in [5.74, 6) is 1.47. The van der Waals surface area contributed by atoms with E-state index in [1.54, 1.807) is 0 Å². The minimum Gasteiger partial charge on any atom is -0.306 e. The van der Waals surface area contributed by atoms with Gasteiger partial charge < -0.3 is 9.80 Å². The number of benzene rings is 1. The summed E-state index contributed by atoms with van der Waals surface area (Å²) >= 11 is 6.34. The van der Waals surface area contributed by atoms with Gasteiger partial charge in [0, 0.05) is 17.6 Å². The standard InChI is InChI=1S/C22H35ClN2/c1-24(2)21-12-14-25(15-13-21)17-22(18-8-5-3-4-6-9-18)19-10-7-11-20(23)16-19/h7,10-11,16,18,21-22H,3-6,8-9,12-15,17H2,1-2H3. The molecular formula is C22H35ClN2. The molecule has 0 amide bonds. The molecule has 2 aliphatic rings. The largest absolute Gasteiger partial charge is 0.306 e. The first-order chi connectivity index (χ1) is 12.1. The van der Waals surface area contributed by atoms with Crippen molar-refractivity contribution in [2.45, 2.75) is 63.3 Å². The third-order valence-electron chi connectivity index (χ3n) is 6.49. The van der Waals surface area contributed by atoms with E-state index in [0.717, 1.165) is 17.0 Å². The Kier molecular flexibility index (Phi) is 7.21. The molecule has 1 aliphatic heterocycles. The molecule has 1 aromatic rings. The highest BCUT2D eigenvalue weighted by Crippen LogP contribution is 2.37. The van der Waals surface area contributed by atoms with Crippen LogP contribution in [0.5, 0.6) is 0 Å². The Bertz CT molecular complexity index is 515. The van der Waals surface area contributed by atoms with E-state index in [4.69, 9.17) is 11.6 Å². The summed E-state index contributed by atoms with van der Waals surface area (Å²) in [5, 5.41) is 0.891. The molecule has 1 saturated carbocycles. The summed E-state index contributed by atoms with van der Waals surface area (Å²) in [5.41, 5.74) is 1.47. The van der Waals surface area contributed by atoms with Gasteiger partial charge in [-0.05, 0) is 82.4 Å². The van der Waals surface area contributed by atoms with Gasteiger partial charge in [-0.2, -0.15) is 0 Å². The summed E-state index contributed by atoms with van der Waals surface area (Å²) in [7, 11) is 4.45. The first-order valence-electron chi connectivity index (χ1n) is 10.3. The zero-order valence-corrected chi connectivity index (χ0v) is 16.8. The minimum absolute atomic E-state index is 0.646. The van der Waals surface area contributed by atoms with Crippen molar-refractivity contribution in [2.75, 3.05) is 33.7 Å². The van der Waals surface area contributed by atoms with Crippen LogP contribution in [0, 0.1) is 5.92 Å². The van der Waals surface area contributed by atoms with Crippen molar-refractivity contribution in [2.24, 2.45) is 5.92 Å². The number of rotatable bonds is 5. The average Bonchev–Trinajstić information content (AvgIpc) is 2.89. The van der Waals surface area contributed by atoms with Crippen LogP contribution in [0.4, 0.5) is 0 Å². The first-order valence-corrected chi connectivity index (χ1v) is 10.7. The van der Waals surface area contributed by atoms with Crippen molar-refractivity contribution in [1.82, 2.24) is 9.80 Å². The quantitative estimate of drug-likeness (QED) is 0.645. The third kappa shape index (κ3) is 5.45. The molecule has 140 valence electrons. The predicted octanol–water partition coefficient (Wildman–Crippen LogP) is 5.42. The van der Waals surface area contributed by atoms with Crippen LogP contribution in [-0.2, 0) is 0 Å². The lowest BCUT2D eigenvalue weighted by atomic mass is 9.80. The van der Waals surface area contributed by atoms with Gasteiger partial charge in [-0.15, -0.1) is 0 Å². The Morgan fingerprint density at radius 1 is 1.04 bits per heavy atom. The summed E-state index contributed by atoms with van der Waals surface area (Å²) in [6.45, 7) is 3.70. The maximum Gasteiger partial charge on any atom is 0.0408 e. The smallest absolute Gasteiger partial charge is 0.0408 e. The van der Waals surface area contributed by atoms with E-state index in [2.05, 4.69) is 42.1 Å². The second kappa shape index (κ2) is 9.39. The maximum atomic E-state index is 6.34. The zero-order chi connectivity index (χ0) is 17.6. The van der Waals surface area contributed by atoms with Crippen molar-refractivity contribution < 1.29 is 0 Å². The predicted molar refractivity (Wildman–Crippen MR) is 109 cm³/mol. The van der Waals surface area contributed by atoms with E-state index >= 15 is 0 Å². The fraction of sp³-hybridized carbons (Fsp3) is 0.727. The van der Waals surface area contributed by atoms with E-state index in [-0.39, 0.29) is 0 Å². The second-order valence-corrected chi connectivity index (χ2v) is 8.84. The van der Waals surface area contributed by atoms with E-state index in [9.17, 15) is 0 Å². The van der Waals surface area contributed by atoms with Crippen molar-refractivity contribution in [3.8, 4) is 0 Å². The lowest BCUT2D eigenvalue weighted by Crippen LogP contribution is -2.43.